The van der Waals surface area contributed by atoms with Gasteiger partial charge in [0.05, 0.1) is 18.1 Å². The molecule has 0 saturated carbocycles. The highest BCUT2D eigenvalue weighted by atomic mass is 35.5. The zero-order chi connectivity index (χ0) is 15.9. The van der Waals surface area contributed by atoms with Gasteiger partial charge < -0.3 is 10.1 Å². The third-order valence-corrected chi connectivity index (χ3v) is 4.97. The molecule has 1 N–H and O–H groups in total. The lowest BCUT2D eigenvalue weighted by Crippen LogP contribution is -2.33. The topological polar surface area (TPSA) is 55.4 Å². The molecule has 1 aromatic carbocycles. The lowest BCUT2D eigenvalue weighted by molar-refractivity contribution is -0.121. The summed E-state index contributed by atoms with van der Waals surface area (Å²) >= 11 is 5.94. The van der Waals surface area contributed by atoms with Gasteiger partial charge in [-0.15, -0.1) is 0 Å². The van der Waals surface area contributed by atoms with Crippen molar-refractivity contribution in [1.82, 2.24) is 5.32 Å². The van der Waals surface area contributed by atoms with Crippen LogP contribution >= 0.6 is 11.6 Å². The highest BCUT2D eigenvalue weighted by Crippen LogP contribution is 2.22. The van der Waals surface area contributed by atoms with Gasteiger partial charge in [-0.05, 0) is 32.9 Å². The van der Waals surface area contributed by atoms with E-state index < -0.39 is 10.8 Å². The Morgan fingerprint density at radius 1 is 1.33 bits per heavy atom. The van der Waals surface area contributed by atoms with Crippen LogP contribution in [0.4, 0.5) is 0 Å². The Labute approximate surface area is 133 Å². The molecule has 0 saturated heterocycles. The minimum atomic E-state index is -0.956. The standard InChI is InChI=1S/C15H22ClNO3S/c1-15(2,3)21(19)11-9-17-14(18)8-10-20-13-7-5-4-6-12(13)16/h4-7H,8-11H2,1-3H3,(H,17,18). The number of benzene rings is 1. The lowest BCUT2D eigenvalue weighted by atomic mass is 10.3. The maximum atomic E-state index is 11.8. The van der Waals surface area contributed by atoms with Gasteiger partial charge in [0, 0.05) is 27.8 Å². The van der Waals surface area contributed by atoms with E-state index in [9.17, 15) is 9.00 Å². The van der Waals surface area contributed by atoms with Gasteiger partial charge in [0.2, 0.25) is 5.91 Å². The molecule has 4 nitrogen and oxygen atoms in total. The second-order valence-electron chi connectivity index (χ2n) is 5.54. The number of carbonyl (C=O) groups excluding carboxylic acids is 1. The molecule has 1 atom stereocenters. The molecule has 0 aromatic heterocycles. The Morgan fingerprint density at radius 2 is 2.00 bits per heavy atom. The SMILES string of the molecule is CC(C)(C)S(=O)CCNC(=O)CCOc1ccccc1Cl. The molecule has 0 fully saturated rings. The summed E-state index contributed by atoms with van der Waals surface area (Å²) in [5.41, 5.74) is 0. The second-order valence-corrected chi connectivity index (χ2v) is 8.27. The number of rotatable bonds is 7. The Balaban J connectivity index is 2.20. The minimum Gasteiger partial charge on any atom is -0.491 e. The smallest absolute Gasteiger partial charge is 0.223 e. The van der Waals surface area contributed by atoms with Crippen LogP contribution in [0.2, 0.25) is 5.02 Å². The molecule has 1 unspecified atom stereocenters. The van der Waals surface area contributed by atoms with E-state index in [0.717, 1.165) is 0 Å². The first-order chi connectivity index (χ1) is 9.80. The van der Waals surface area contributed by atoms with Crippen LogP contribution in [0, 0.1) is 0 Å². The zero-order valence-corrected chi connectivity index (χ0v) is 14.2. The highest BCUT2D eigenvalue weighted by molar-refractivity contribution is 7.86. The van der Waals surface area contributed by atoms with E-state index in [1.165, 1.54) is 0 Å². The highest BCUT2D eigenvalue weighted by Gasteiger charge is 2.18. The predicted molar refractivity (Wildman–Crippen MR) is 87.3 cm³/mol. The van der Waals surface area contributed by atoms with Crippen molar-refractivity contribution in [2.45, 2.75) is 31.9 Å². The molecule has 0 aliphatic carbocycles. The van der Waals surface area contributed by atoms with Crippen molar-refractivity contribution >= 4 is 28.3 Å². The Bertz CT molecular complexity index is 500. The molecule has 21 heavy (non-hydrogen) atoms. The predicted octanol–water partition coefficient (Wildman–Crippen LogP) is 2.77. The van der Waals surface area contributed by atoms with E-state index in [1.54, 1.807) is 12.1 Å². The number of ether oxygens (including phenoxy) is 1. The van der Waals surface area contributed by atoms with Gasteiger partial charge in [0.15, 0.2) is 0 Å². The Hall–Kier alpha value is -1.07. The molecule has 0 bridgehead atoms. The number of halogens is 1. The number of hydrogen-bond donors (Lipinski definition) is 1. The van der Waals surface area contributed by atoms with Crippen molar-refractivity contribution in [3.8, 4) is 5.75 Å². The molecule has 0 aliphatic rings. The van der Waals surface area contributed by atoms with Crippen molar-refractivity contribution in [2.75, 3.05) is 18.9 Å². The molecule has 6 heteroatoms. The third kappa shape index (κ3) is 6.96. The van der Waals surface area contributed by atoms with Crippen LogP contribution in [0.15, 0.2) is 24.3 Å². The van der Waals surface area contributed by atoms with Gasteiger partial charge in [0.1, 0.15) is 5.75 Å². The summed E-state index contributed by atoms with van der Waals surface area (Å²) in [5.74, 6) is 0.911. The van der Waals surface area contributed by atoms with Crippen molar-refractivity contribution in [1.29, 1.82) is 0 Å². The normalized spacial score (nSPS) is 12.8. The van der Waals surface area contributed by atoms with Gasteiger partial charge in [-0.2, -0.15) is 0 Å². The van der Waals surface area contributed by atoms with Crippen molar-refractivity contribution in [2.24, 2.45) is 0 Å². The summed E-state index contributed by atoms with van der Waals surface area (Å²) in [6.45, 7) is 6.43. The average molecular weight is 332 g/mol. The largest absolute Gasteiger partial charge is 0.491 e. The molecule has 0 spiro atoms. The quantitative estimate of drug-likeness (QED) is 0.836. The molecule has 1 amide bonds. The Morgan fingerprint density at radius 3 is 2.62 bits per heavy atom. The van der Waals surface area contributed by atoms with Crippen LogP contribution in [0.25, 0.3) is 0 Å². The van der Waals surface area contributed by atoms with Gasteiger partial charge >= 0.3 is 0 Å². The molecule has 1 aromatic rings. The fraction of sp³-hybridized carbons (Fsp3) is 0.533. The van der Waals surface area contributed by atoms with E-state index in [1.807, 2.05) is 32.9 Å². The summed E-state index contributed by atoms with van der Waals surface area (Å²) in [6, 6.07) is 7.13. The van der Waals surface area contributed by atoms with Crippen LogP contribution in [-0.4, -0.2) is 33.8 Å². The molecular weight excluding hydrogens is 310 g/mol. The fourth-order valence-corrected chi connectivity index (χ4v) is 2.58. The Kier molecular flexibility index (Phi) is 7.18. The van der Waals surface area contributed by atoms with Crippen molar-refractivity contribution < 1.29 is 13.7 Å². The molecular formula is C15H22ClNO3S. The van der Waals surface area contributed by atoms with Crippen molar-refractivity contribution in [3.05, 3.63) is 29.3 Å². The summed E-state index contributed by atoms with van der Waals surface area (Å²) in [7, 11) is -0.956. The van der Waals surface area contributed by atoms with Crippen molar-refractivity contribution in [3.63, 3.8) is 0 Å². The first-order valence-electron chi connectivity index (χ1n) is 6.83. The van der Waals surface area contributed by atoms with Crippen LogP contribution in [-0.2, 0) is 15.6 Å². The number of carbonyl (C=O) groups is 1. The molecule has 0 heterocycles. The van der Waals surface area contributed by atoms with E-state index in [0.29, 0.717) is 23.1 Å². The summed E-state index contributed by atoms with van der Waals surface area (Å²) in [5, 5.41) is 3.27. The molecule has 118 valence electrons. The summed E-state index contributed by atoms with van der Waals surface area (Å²) < 4.78 is 17.0. The summed E-state index contributed by atoms with van der Waals surface area (Å²) in [4.78, 5) is 11.6. The lowest BCUT2D eigenvalue weighted by Gasteiger charge is -2.17. The average Bonchev–Trinajstić information content (AvgIpc) is 2.39. The number of nitrogens with one attached hydrogen (secondary N) is 1. The van der Waals surface area contributed by atoms with E-state index in [-0.39, 0.29) is 23.7 Å². The minimum absolute atomic E-state index is 0.118. The first-order valence-corrected chi connectivity index (χ1v) is 8.53. The number of hydrogen-bond acceptors (Lipinski definition) is 3. The maximum Gasteiger partial charge on any atom is 0.223 e. The van der Waals surface area contributed by atoms with E-state index in [4.69, 9.17) is 16.3 Å². The maximum absolute atomic E-state index is 11.8. The van der Waals surface area contributed by atoms with Crippen LogP contribution in [0.5, 0.6) is 5.75 Å². The molecule has 1 rings (SSSR count). The first kappa shape index (κ1) is 18.0. The van der Waals surface area contributed by atoms with E-state index >= 15 is 0 Å². The molecule has 0 aliphatic heterocycles. The monoisotopic (exact) mass is 331 g/mol. The number of para-hydroxylation sites is 1. The van der Waals surface area contributed by atoms with Crippen LogP contribution < -0.4 is 10.1 Å². The van der Waals surface area contributed by atoms with Gasteiger partial charge in [-0.1, -0.05) is 23.7 Å². The van der Waals surface area contributed by atoms with Crippen LogP contribution in [0.3, 0.4) is 0 Å². The third-order valence-electron chi connectivity index (χ3n) is 2.72. The van der Waals surface area contributed by atoms with E-state index in [2.05, 4.69) is 5.32 Å². The number of amides is 1. The second kappa shape index (κ2) is 8.39. The van der Waals surface area contributed by atoms with Crippen LogP contribution in [0.1, 0.15) is 27.2 Å². The fourth-order valence-electron chi connectivity index (χ4n) is 1.49. The van der Waals surface area contributed by atoms with Gasteiger partial charge in [0.25, 0.3) is 0 Å². The summed E-state index contributed by atoms with van der Waals surface area (Å²) in [6.07, 6.45) is 0.243. The van der Waals surface area contributed by atoms with Gasteiger partial charge in [-0.3, -0.25) is 9.00 Å². The molecule has 0 radical (unpaired) electrons. The zero-order valence-electron chi connectivity index (χ0n) is 12.6. The van der Waals surface area contributed by atoms with Gasteiger partial charge in [-0.25, -0.2) is 0 Å².